The number of aryl methyl sites for hydroxylation is 1. The van der Waals surface area contributed by atoms with E-state index in [1.807, 2.05) is 42.5 Å². The zero-order chi connectivity index (χ0) is 19.7. The predicted octanol–water partition coefficient (Wildman–Crippen LogP) is 4.14. The summed E-state index contributed by atoms with van der Waals surface area (Å²) in [6.45, 7) is 1.79. The highest BCUT2D eigenvalue weighted by molar-refractivity contribution is 6.30. The second-order valence-electron chi connectivity index (χ2n) is 6.31. The molecule has 0 aliphatic rings. The van der Waals surface area contributed by atoms with Crippen molar-refractivity contribution in [3.8, 4) is 22.5 Å². The molecule has 0 unspecified atom stereocenters. The molecule has 28 heavy (non-hydrogen) atoms. The van der Waals surface area contributed by atoms with Gasteiger partial charge in [0.15, 0.2) is 5.82 Å². The predicted molar refractivity (Wildman–Crippen MR) is 107 cm³/mol. The molecule has 0 saturated heterocycles. The van der Waals surface area contributed by atoms with Crippen LogP contribution in [0.15, 0.2) is 54.6 Å². The van der Waals surface area contributed by atoms with Crippen molar-refractivity contribution in [2.24, 2.45) is 0 Å². The second kappa shape index (κ2) is 7.40. The minimum atomic E-state index is -0.387. The Bertz CT molecular complexity index is 1170. The largest absolute Gasteiger partial charge is 0.469 e. The molecule has 4 aromatic rings. The summed E-state index contributed by atoms with van der Waals surface area (Å²) >= 11 is 6.49. The Morgan fingerprint density at radius 1 is 1.04 bits per heavy atom. The van der Waals surface area contributed by atoms with Crippen LogP contribution in [0, 0.1) is 6.92 Å². The minimum Gasteiger partial charge on any atom is -0.469 e. The molecule has 140 valence electrons. The van der Waals surface area contributed by atoms with Crippen molar-refractivity contribution in [2.45, 2.75) is 13.3 Å². The number of halogens is 1. The van der Waals surface area contributed by atoms with Crippen LogP contribution in [0.2, 0.25) is 5.15 Å². The standard InChI is InChI=1S/C21H17ClN4O2/c1-13-17(12-18(27)28-2)19(22)26-21(23-13)24-20(25-26)16-10-6-9-15(11-16)14-7-4-3-5-8-14/h3-11H,12H2,1-2H3. The van der Waals surface area contributed by atoms with Gasteiger partial charge < -0.3 is 4.74 Å². The summed E-state index contributed by atoms with van der Waals surface area (Å²) in [7, 11) is 1.34. The molecule has 0 fully saturated rings. The van der Waals surface area contributed by atoms with Crippen molar-refractivity contribution in [3.63, 3.8) is 0 Å². The van der Waals surface area contributed by atoms with Gasteiger partial charge in [-0.2, -0.15) is 9.50 Å². The third-order valence-electron chi connectivity index (χ3n) is 4.51. The number of aromatic nitrogens is 4. The maximum absolute atomic E-state index is 11.7. The second-order valence-corrected chi connectivity index (χ2v) is 6.67. The van der Waals surface area contributed by atoms with Crippen LogP contribution in [-0.4, -0.2) is 32.7 Å². The number of benzene rings is 2. The summed E-state index contributed by atoms with van der Waals surface area (Å²) in [6, 6.07) is 18.1. The average Bonchev–Trinajstić information content (AvgIpc) is 3.16. The molecule has 6 nitrogen and oxygen atoms in total. The fourth-order valence-electron chi connectivity index (χ4n) is 3.01. The van der Waals surface area contributed by atoms with Crippen LogP contribution < -0.4 is 0 Å². The van der Waals surface area contributed by atoms with Gasteiger partial charge in [0.1, 0.15) is 5.15 Å². The van der Waals surface area contributed by atoms with Crippen LogP contribution in [0.5, 0.6) is 0 Å². The van der Waals surface area contributed by atoms with Crippen LogP contribution in [0.25, 0.3) is 28.3 Å². The smallest absolute Gasteiger partial charge is 0.310 e. The Morgan fingerprint density at radius 3 is 2.50 bits per heavy atom. The average molecular weight is 393 g/mol. The van der Waals surface area contributed by atoms with Gasteiger partial charge in [-0.3, -0.25) is 4.79 Å². The van der Waals surface area contributed by atoms with E-state index in [0.717, 1.165) is 16.7 Å². The number of ether oxygens (including phenoxy) is 1. The van der Waals surface area contributed by atoms with Gasteiger partial charge in [0.2, 0.25) is 0 Å². The molecule has 0 bridgehead atoms. The number of carbonyl (C=O) groups excluding carboxylic acids is 1. The van der Waals surface area contributed by atoms with Gasteiger partial charge in [0, 0.05) is 16.8 Å². The molecule has 0 aliphatic carbocycles. The van der Waals surface area contributed by atoms with Crippen LogP contribution in [0.4, 0.5) is 0 Å². The lowest BCUT2D eigenvalue weighted by Crippen LogP contribution is -2.10. The van der Waals surface area contributed by atoms with Gasteiger partial charge >= 0.3 is 5.97 Å². The fourth-order valence-corrected chi connectivity index (χ4v) is 3.33. The van der Waals surface area contributed by atoms with Crippen molar-refractivity contribution >= 4 is 23.3 Å². The maximum Gasteiger partial charge on any atom is 0.310 e. The first-order valence-corrected chi connectivity index (χ1v) is 9.09. The van der Waals surface area contributed by atoms with Crippen molar-refractivity contribution < 1.29 is 9.53 Å². The molecule has 2 aromatic carbocycles. The number of hydrogen-bond acceptors (Lipinski definition) is 5. The Balaban J connectivity index is 1.78. The quantitative estimate of drug-likeness (QED) is 0.385. The zero-order valence-corrected chi connectivity index (χ0v) is 16.1. The first-order chi connectivity index (χ1) is 13.6. The first-order valence-electron chi connectivity index (χ1n) is 8.71. The highest BCUT2D eigenvalue weighted by Gasteiger charge is 2.18. The van der Waals surface area contributed by atoms with E-state index >= 15 is 0 Å². The molecule has 0 spiro atoms. The first kappa shape index (κ1) is 18.1. The van der Waals surface area contributed by atoms with Gasteiger partial charge in [-0.15, -0.1) is 5.10 Å². The summed E-state index contributed by atoms with van der Waals surface area (Å²) in [5, 5.41) is 4.82. The van der Waals surface area contributed by atoms with Gasteiger partial charge in [0.25, 0.3) is 5.78 Å². The summed E-state index contributed by atoms with van der Waals surface area (Å²) in [5.74, 6) is 0.514. The van der Waals surface area contributed by atoms with E-state index in [4.69, 9.17) is 16.3 Å². The molecule has 0 radical (unpaired) electrons. The van der Waals surface area contributed by atoms with E-state index in [1.165, 1.54) is 11.6 Å². The third-order valence-corrected chi connectivity index (χ3v) is 4.89. The van der Waals surface area contributed by atoms with Crippen molar-refractivity contribution in [3.05, 3.63) is 71.0 Å². The van der Waals surface area contributed by atoms with Gasteiger partial charge in [-0.25, -0.2) is 4.98 Å². The fraction of sp³-hybridized carbons (Fsp3) is 0.143. The summed E-state index contributed by atoms with van der Waals surface area (Å²) in [4.78, 5) is 20.6. The van der Waals surface area contributed by atoms with E-state index in [2.05, 4.69) is 27.2 Å². The normalized spacial score (nSPS) is 11.0. The van der Waals surface area contributed by atoms with Crippen molar-refractivity contribution in [1.29, 1.82) is 0 Å². The minimum absolute atomic E-state index is 0.0305. The molecule has 2 heterocycles. The lowest BCUT2D eigenvalue weighted by molar-refractivity contribution is -0.139. The molecule has 7 heteroatoms. The molecular weight excluding hydrogens is 376 g/mol. The van der Waals surface area contributed by atoms with E-state index in [9.17, 15) is 4.79 Å². The van der Waals surface area contributed by atoms with Gasteiger partial charge in [0.05, 0.1) is 13.5 Å². The Kier molecular flexibility index (Phi) is 4.79. The van der Waals surface area contributed by atoms with Crippen molar-refractivity contribution in [1.82, 2.24) is 19.6 Å². The zero-order valence-electron chi connectivity index (χ0n) is 15.4. The molecule has 0 atom stereocenters. The van der Waals surface area contributed by atoms with Crippen LogP contribution >= 0.6 is 11.6 Å². The molecule has 0 aliphatic heterocycles. The molecule has 0 amide bonds. The van der Waals surface area contributed by atoms with Gasteiger partial charge in [-0.1, -0.05) is 60.1 Å². The molecule has 2 aromatic heterocycles. The number of carbonyl (C=O) groups is 1. The van der Waals surface area contributed by atoms with E-state index in [0.29, 0.717) is 28.0 Å². The number of esters is 1. The Hall–Kier alpha value is -3.25. The third kappa shape index (κ3) is 3.34. The lowest BCUT2D eigenvalue weighted by Gasteiger charge is -2.07. The summed E-state index contributed by atoms with van der Waals surface area (Å²) in [6.07, 6.45) is 0.0305. The Labute approximate surface area is 166 Å². The van der Waals surface area contributed by atoms with E-state index < -0.39 is 0 Å². The number of fused-ring (bicyclic) bond motifs is 1. The van der Waals surface area contributed by atoms with Crippen LogP contribution in [0.3, 0.4) is 0 Å². The van der Waals surface area contributed by atoms with E-state index in [-0.39, 0.29) is 12.4 Å². The molecule has 0 N–H and O–H groups in total. The molecular formula is C21H17ClN4O2. The number of methoxy groups -OCH3 is 1. The summed E-state index contributed by atoms with van der Waals surface area (Å²) in [5.41, 5.74) is 4.24. The topological polar surface area (TPSA) is 69.4 Å². The lowest BCUT2D eigenvalue weighted by atomic mass is 10.0. The summed E-state index contributed by atoms with van der Waals surface area (Å²) < 4.78 is 6.19. The SMILES string of the molecule is COC(=O)Cc1c(C)nc2nc(-c3cccc(-c4ccccc4)c3)nn2c1Cl. The highest BCUT2D eigenvalue weighted by Crippen LogP contribution is 2.26. The monoisotopic (exact) mass is 392 g/mol. The number of rotatable bonds is 4. The molecule has 0 saturated carbocycles. The van der Waals surface area contributed by atoms with Crippen LogP contribution in [0.1, 0.15) is 11.3 Å². The van der Waals surface area contributed by atoms with Crippen molar-refractivity contribution in [2.75, 3.05) is 7.11 Å². The highest BCUT2D eigenvalue weighted by atomic mass is 35.5. The van der Waals surface area contributed by atoms with E-state index in [1.54, 1.807) is 6.92 Å². The molecule has 4 rings (SSSR count). The Morgan fingerprint density at radius 2 is 1.75 bits per heavy atom. The maximum atomic E-state index is 11.7. The van der Waals surface area contributed by atoms with Gasteiger partial charge in [-0.05, 0) is 24.1 Å². The number of hydrogen-bond donors (Lipinski definition) is 0. The number of nitrogens with zero attached hydrogens (tertiary/aromatic N) is 4. The van der Waals surface area contributed by atoms with Crippen LogP contribution in [-0.2, 0) is 16.0 Å².